The van der Waals surface area contributed by atoms with Crippen molar-refractivity contribution in [3.63, 3.8) is 0 Å². The predicted molar refractivity (Wildman–Crippen MR) is 368 cm³/mol. The highest BCUT2D eigenvalue weighted by molar-refractivity contribution is 6.74. The maximum Gasteiger partial charge on any atom is 0.321 e. The van der Waals surface area contributed by atoms with Crippen molar-refractivity contribution in [3.8, 4) is 0 Å². The Balaban J connectivity index is 0.000000230. The summed E-state index contributed by atoms with van der Waals surface area (Å²) in [5.74, 6) is -7.23. The second-order valence-electron chi connectivity index (χ2n) is 29.7. The molecular weight excluding hydrogens is 1310 g/mol. The van der Waals surface area contributed by atoms with E-state index in [0.29, 0.717) is 113 Å². The summed E-state index contributed by atoms with van der Waals surface area (Å²) < 4.78 is 65.1. The number of aliphatic hydroxyl groups excluding tert-OH is 1. The minimum atomic E-state index is -2.18. The van der Waals surface area contributed by atoms with Crippen molar-refractivity contribution in [3.05, 3.63) is 138 Å². The molecule has 97 heavy (non-hydrogen) atoms. The van der Waals surface area contributed by atoms with E-state index in [0.717, 1.165) is 51.9 Å². The quantitative estimate of drug-likeness (QED) is 0.0466. The zero-order valence-corrected chi connectivity index (χ0v) is 60.4. The van der Waals surface area contributed by atoms with E-state index in [1.807, 2.05) is 60.6 Å². The average molecular weight is 1410 g/mol. The Hall–Kier alpha value is -5.94. The molecule has 10 rings (SSSR count). The number of hydrogen-bond donors (Lipinski definition) is 5. The van der Waals surface area contributed by atoms with Gasteiger partial charge in [0.25, 0.3) is 0 Å². The number of benzene rings is 4. The van der Waals surface area contributed by atoms with Crippen LogP contribution in [0.4, 0.5) is 17.6 Å². The van der Waals surface area contributed by atoms with Crippen molar-refractivity contribution in [1.82, 2.24) is 30.2 Å². The van der Waals surface area contributed by atoms with E-state index in [4.69, 9.17) is 27.6 Å². The van der Waals surface area contributed by atoms with Gasteiger partial charge < -0.3 is 40.2 Å². The monoisotopic (exact) mass is 1400 g/mol. The molecule has 23 heteroatoms. The minimum absolute atomic E-state index is 0.0426. The molecule has 6 fully saturated rings. The number of carbonyl (C=O) groups is 6. The largest absolute Gasteiger partial charge is 0.480 e. The highest BCUT2D eigenvalue weighted by Crippen LogP contribution is 2.50. The minimum Gasteiger partial charge on any atom is -0.480 e. The van der Waals surface area contributed by atoms with Crippen LogP contribution < -0.4 is 10.6 Å². The Labute approximate surface area is 579 Å². The summed E-state index contributed by atoms with van der Waals surface area (Å²) >= 11 is 13.2. The van der Waals surface area contributed by atoms with Gasteiger partial charge in [-0.1, -0.05) is 82.1 Å². The van der Waals surface area contributed by atoms with E-state index in [1.165, 1.54) is 38.1 Å². The first-order valence-electron chi connectivity index (χ1n) is 34.6. The molecule has 4 aromatic carbocycles. The third kappa shape index (κ3) is 17.1. The SMILES string of the molecule is CC[C@H](NC(C)=O)c1cc(C)c(Cl)cc1C1CCN(C(=O)[C@@H]2CC(N3C[C@H](O)C[C@@H]3C(=O)O)C[C@H]2c2ccc(F)cc2F)CC1.CC[C@H](NC(C)=O)c1cc(C)c(Cl)cc1C1CCN(C(=O)[C@@H]2CC(N3C[C@H](O[Si](C)(C)C(C)(C)C)C[C@@H]3C(=O)O)C[C@H]2c2ccc(F)cc2F)CC1. The summed E-state index contributed by atoms with van der Waals surface area (Å²) in [7, 11) is -2.18. The third-order valence-electron chi connectivity index (χ3n) is 22.4. The third-order valence-corrected chi connectivity index (χ3v) is 27.7. The number of likely N-dealkylation sites (tertiary alicyclic amines) is 4. The number of aryl methyl sites for hydroxylation is 2. The van der Waals surface area contributed by atoms with E-state index < -0.39 is 85.4 Å². The molecule has 16 nitrogen and oxygen atoms in total. The molecule has 530 valence electrons. The van der Waals surface area contributed by atoms with Crippen molar-refractivity contribution in [2.75, 3.05) is 39.3 Å². The van der Waals surface area contributed by atoms with Crippen LogP contribution in [0.1, 0.15) is 206 Å². The zero-order valence-electron chi connectivity index (χ0n) is 57.8. The molecule has 5 N–H and O–H groups in total. The molecular formula is C74H98Cl2F4N6O10Si. The van der Waals surface area contributed by atoms with Crippen LogP contribution in [0.3, 0.4) is 0 Å². The van der Waals surface area contributed by atoms with Crippen LogP contribution in [0.25, 0.3) is 0 Å². The second kappa shape index (κ2) is 31.3. The first-order valence-corrected chi connectivity index (χ1v) is 38.3. The standard InChI is InChI=1S/C40H56ClF2N3O5Si.C34H42ClF2N3O5/c1-9-36(44-24(3)47)32-16-23(2)34(41)21-30(32)25-12-14-45(15-13-25)38(48)33-19-27(18-31(33)29-11-10-26(42)17-35(29)43)46-22-28(20-37(46)39(49)50)51-52(7,8)40(4,5)6;1-4-31(38-19(3)41)27-11-18(2)29(35)16-25(27)20-7-9-39(10-8-20)33(43)28-14-22(40-17-23(42)15-32(40)34(44)45)13-26(28)24-6-5-21(36)12-30(24)37/h10-11,16-17,21,25,27-28,31,33,36-37H,9,12-15,18-20,22H2,1-8H3,(H,44,47)(H,49,50);5-6,11-12,16,20,22-23,26,28,31-32,42H,4,7-10,13-15,17H2,1-3H3,(H,38,41)(H,44,45)/t27?,28-,31+,33-,36+,37-;22?,23-,26+,28-,31+,32-/m11/s1. The maximum absolute atomic E-state index is 15.4. The van der Waals surface area contributed by atoms with Crippen LogP contribution >= 0.6 is 23.2 Å². The number of hydrogen-bond acceptors (Lipinski definition) is 10. The van der Waals surface area contributed by atoms with Gasteiger partial charge >= 0.3 is 11.9 Å². The lowest BCUT2D eigenvalue weighted by Crippen LogP contribution is -2.45. The number of aliphatic hydroxyl groups is 1. The summed E-state index contributed by atoms with van der Waals surface area (Å²) in [4.78, 5) is 84.6. The van der Waals surface area contributed by atoms with E-state index >= 15 is 8.78 Å². The second-order valence-corrected chi connectivity index (χ2v) is 35.3. The highest BCUT2D eigenvalue weighted by Gasteiger charge is 2.53. The van der Waals surface area contributed by atoms with Crippen molar-refractivity contribution in [2.45, 2.75) is 230 Å². The molecule has 4 amide bonds. The topological polar surface area (TPSA) is 209 Å². The Kier molecular flexibility index (Phi) is 24.3. The van der Waals surface area contributed by atoms with Gasteiger partial charge in [-0.05, 0) is 195 Å². The average Bonchev–Trinajstić information content (AvgIpc) is 1.62. The van der Waals surface area contributed by atoms with Gasteiger partial charge in [0.15, 0.2) is 8.32 Å². The molecule has 0 bridgehead atoms. The van der Waals surface area contributed by atoms with Crippen LogP contribution in [0.2, 0.25) is 28.2 Å². The molecule has 2 saturated carbocycles. The van der Waals surface area contributed by atoms with E-state index in [-0.39, 0.29) is 89.3 Å². The molecule has 6 aliphatic rings. The van der Waals surface area contributed by atoms with Crippen molar-refractivity contribution in [1.29, 1.82) is 0 Å². The summed E-state index contributed by atoms with van der Waals surface area (Å²) in [5, 5.41) is 37.8. The van der Waals surface area contributed by atoms with Gasteiger partial charge in [-0.25, -0.2) is 17.6 Å². The smallest absolute Gasteiger partial charge is 0.321 e. The molecule has 4 aliphatic heterocycles. The molecule has 2 unspecified atom stereocenters. The van der Waals surface area contributed by atoms with Crippen LogP contribution in [-0.2, 0) is 33.2 Å². The number of halogens is 6. The summed E-state index contributed by atoms with van der Waals surface area (Å²) in [6.07, 6.45) is 5.01. The van der Waals surface area contributed by atoms with Gasteiger partial charge in [0.1, 0.15) is 35.4 Å². The summed E-state index contributed by atoms with van der Waals surface area (Å²) in [6, 6.07) is 12.4. The number of carboxylic acids is 2. The van der Waals surface area contributed by atoms with E-state index in [2.05, 4.69) is 50.6 Å². The van der Waals surface area contributed by atoms with Crippen LogP contribution in [0.15, 0.2) is 60.7 Å². The number of nitrogens with zero attached hydrogens (tertiary/aromatic N) is 4. The van der Waals surface area contributed by atoms with Crippen molar-refractivity contribution in [2.24, 2.45) is 11.8 Å². The Morgan fingerprint density at radius 3 is 1.34 bits per heavy atom. The summed E-state index contributed by atoms with van der Waals surface area (Å²) in [6.45, 7) is 24.3. The van der Waals surface area contributed by atoms with Crippen LogP contribution in [0, 0.1) is 49.0 Å². The number of aliphatic carboxylic acids is 2. The Morgan fingerprint density at radius 2 is 0.979 bits per heavy atom. The van der Waals surface area contributed by atoms with E-state index in [9.17, 15) is 52.9 Å². The molecule has 2 aliphatic carbocycles. The molecule has 4 aromatic rings. The first-order chi connectivity index (χ1) is 45.7. The fourth-order valence-electron chi connectivity index (χ4n) is 16.4. The van der Waals surface area contributed by atoms with Gasteiger partial charge in [-0.2, -0.15) is 0 Å². The van der Waals surface area contributed by atoms with Crippen LogP contribution in [-0.4, -0.2) is 154 Å². The molecule has 0 spiro atoms. The van der Waals surface area contributed by atoms with Gasteiger partial charge in [0, 0.05) is 106 Å². The predicted octanol–water partition coefficient (Wildman–Crippen LogP) is 13.6. The normalized spacial score (nSPS) is 26.0. The maximum atomic E-state index is 15.4. The first kappa shape index (κ1) is 75.3. The lowest BCUT2D eigenvalue weighted by Gasteiger charge is -2.38. The number of carboxylic acid groups (broad SMARTS) is 2. The molecule has 0 radical (unpaired) electrons. The van der Waals surface area contributed by atoms with Crippen molar-refractivity contribution >= 4 is 67.1 Å². The Bertz CT molecular complexity index is 3570. The van der Waals surface area contributed by atoms with Gasteiger partial charge in [0.2, 0.25) is 23.6 Å². The van der Waals surface area contributed by atoms with E-state index in [1.54, 1.807) is 4.90 Å². The van der Waals surface area contributed by atoms with Crippen LogP contribution in [0.5, 0.6) is 0 Å². The molecule has 4 heterocycles. The molecule has 0 aromatic heterocycles. The number of amides is 4. The lowest BCUT2D eigenvalue weighted by molar-refractivity contribution is -0.144. The fourth-order valence-corrected chi connectivity index (χ4v) is 18.1. The highest BCUT2D eigenvalue weighted by atomic mass is 35.5. The number of carbonyl (C=O) groups excluding carboxylic acids is 4. The number of β-amino-alcohol motifs (C(OH)–C–C–N with tert-alkyl or cyclic N) is 1. The Morgan fingerprint density at radius 1 is 0.588 bits per heavy atom. The van der Waals surface area contributed by atoms with Gasteiger partial charge in [0.05, 0.1) is 24.3 Å². The summed E-state index contributed by atoms with van der Waals surface area (Å²) in [5.41, 5.74) is 6.64. The zero-order chi connectivity index (χ0) is 70.9. The van der Waals surface area contributed by atoms with Gasteiger partial charge in [-0.15, -0.1) is 0 Å². The number of rotatable bonds is 18. The van der Waals surface area contributed by atoms with Crippen molar-refractivity contribution < 1.29 is 66.1 Å². The lowest BCUT2D eigenvalue weighted by atomic mass is 9.82. The van der Waals surface area contributed by atoms with Gasteiger partial charge in [-0.3, -0.25) is 38.6 Å². The fraction of sp³-hybridized carbons (Fsp3) is 0.595. The number of nitrogens with one attached hydrogen (secondary N) is 2. The number of piperidine rings is 2. The molecule has 12 atom stereocenters. The molecule has 4 saturated heterocycles.